The van der Waals surface area contributed by atoms with Gasteiger partial charge in [0.1, 0.15) is 17.5 Å². The molecular formula is C16H23NO4. The van der Waals surface area contributed by atoms with Gasteiger partial charge in [-0.3, -0.25) is 4.84 Å². The average Bonchev–Trinajstić information content (AvgIpc) is 2.42. The summed E-state index contributed by atoms with van der Waals surface area (Å²) < 4.78 is 10.2. The van der Waals surface area contributed by atoms with Crippen molar-refractivity contribution in [2.24, 2.45) is 0 Å². The Balaban J connectivity index is 2.64. The van der Waals surface area contributed by atoms with Crippen molar-refractivity contribution in [3.05, 3.63) is 42.5 Å². The van der Waals surface area contributed by atoms with Crippen molar-refractivity contribution >= 4 is 6.09 Å². The van der Waals surface area contributed by atoms with Gasteiger partial charge in [0.25, 0.3) is 0 Å². The Hall–Kier alpha value is -2.01. The first-order valence-corrected chi connectivity index (χ1v) is 6.75. The van der Waals surface area contributed by atoms with E-state index in [-0.39, 0.29) is 6.10 Å². The monoisotopic (exact) mass is 293 g/mol. The van der Waals surface area contributed by atoms with E-state index < -0.39 is 11.7 Å². The summed E-state index contributed by atoms with van der Waals surface area (Å²) in [5.74, 6) is 0.760. The van der Waals surface area contributed by atoms with Gasteiger partial charge in [0.05, 0.1) is 7.11 Å². The molecule has 0 saturated carbocycles. The van der Waals surface area contributed by atoms with Crippen LogP contribution in [0.25, 0.3) is 0 Å². The van der Waals surface area contributed by atoms with Crippen LogP contribution in [0.15, 0.2) is 36.9 Å². The van der Waals surface area contributed by atoms with Gasteiger partial charge in [-0.05, 0) is 44.9 Å². The van der Waals surface area contributed by atoms with E-state index in [9.17, 15) is 4.79 Å². The Kier molecular flexibility index (Phi) is 6.24. The summed E-state index contributed by atoms with van der Waals surface area (Å²) in [6.45, 7) is 9.06. The van der Waals surface area contributed by atoms with Gasteiger partial charge >= 0.3 is 6.09 Å². The van der Waals surface area contributed by atoms with E-state index in [4.69, 9.17) is 14.3 Å². The largest absolute Gasteiger partial charge is 0.497 e. The van der Waals surface area contributed by atoms with Crippen LogP contribution in [0.4, 0.5) is 4.79 Å². The predicted octanol–water partition coefficient (Wildman–Crippen LogP) is 3.77. The SMILES string of the molecule is C=CC[C@H](ONC(=O)OC(C)(C)C)c1ccc(OC)cc1. The summed E-state index contributed by atoms with van der Waals surface area (Å²) in [7, 11) is 1.61. The molecule has 0 saturated heterocycles. The van der Waals surface area contributed by atoms with Crippen LogP contribution in [0.3, 0.4) is 0 Å². The molecule has 116 valence electrons. The maximum Gasteiger partial charge on any atom is 0.431 e. The number of rotatable bonds is 6. The van der Waals surface area contributed by atoms with Gasteiger partial charge in [0.2, 0.25) is 0 Å². The Morgan fingerprint density at radius 3 is 2.43 bits per heavy atom. The molecule has 0 bridgehead atoms. The van der Waals surface area contributed by atoms with Crippen molar-refractivity contribution in [1.29, 1.82) is 0 Å². The van der Waals surface area contributed by atoms with Gasteiger partial charge in [-0.15, -0.1) is 6.58 Å². The number of hydrogen-bond donors (Lipinski definition) is 1. The zero-order valence-electron chi connectivity index (χ0n) is 13.0. The molecule has 5 heteroatoms. The van der Waals surface area contributed by atoms with E-state index in [0.29, 0.717) is 6.42 Å². The van der Waals surface area contributed by atoms with Gasteiger partial charge in [0, 0.05) is 0 Å². The third-order valence-electron chi connectivity index (χ3n) is 2.55. The summed E-state index contributed by atoms with van der Waals surface area (Å²) >= 11 is 0. The molecule has 0 heterocycles. The van der Waals surface area contributed by atoms with Crippen molar-refractivity contribution in [3.63, 3.8) is 0 Å². The highest BCUT2D eigenvalue weighted by atomic mass is 16.7. The molecule has 0 aromatic heterocycles. The van der Waals surface area contributed by atoms with Crippen molar-refractivity contribution in [3.8, 4) is 5.75 Å². The topological polar surface area (TPSA) is 56.8 Å². The Morgan fingerprint density at radius 2 is 1.95 bits per heavy atom. The second-order valence-corrected chi connectivity index (χ2v) is 5.51. The van der Waals surface area contributed by atoms with E-state index in [1.54, 1.807) is 34.0 Å². The highest BCUT2D eigenvalue weighted by Crippen LogP contribution is 2.23. The van der Waals surface area contributed by atoms with Gasteiger partial charge in [-0.2, -0.15) is 5.48 Å². The minimum absolute atomic E-state index is 0.332. The molecule has 0 fully saturated rings. The van der Waals surface area contributed by atoms with E-state index in [1.165, 1.54) is 0 Å². The quantitative estimate of drug-likeness (QED) is 0.641. The number of ether oxygens (including phenoxy) is 2. The molecule has 1 aromatic rings. The smallest absolute Gasteiger partial charge is 0.431 e. The van der Waals surface area contributed by atoms with Crippen LogP contribution in [-0.4, -0.2) is 18.8 Å². The number of nitrogens with one attached hydrogen (secondary N) is 1. The average molecular weight is 293 g/mol. The van der Waals surface area contributed by atoms with Crippen molar-refractivity contribution in [2.45, 2.75) is 38.9 Å². The fraction of sp³-hybridized carbons (Fsp3) is 0.438. The second-order valence-electron chi connectivity index (χ2n) is 5.51. The molecule has 1 aromatic carbocycles. The minimum atomic E-state index is -0.620. The second kappa shape index (κ2) is 7.69. The molecule has 0 aliphatic rings. The standard InChI is InChI=1S/C16H23NO4/c1-6-7-14(12-8-10-13(19-5)11-9-12)21-17-15(18)20-16(2,3)4/h6,8-11,14H,1,7H2,2-5H3,(H,17,18)/t14-/m0/s1. The summed E-state index contributed by atoms with van der Waals surface area (Å²) in [6.07, 6.45) is 1.33. The first-order chi connectivity index (χ1) is 9.85. The predicted molar refractivity (Wildman–Crippen MR) is 81.0 cm³/mol. The van der Waals surface area contributed by atoms with E-state index >= 15 is 0 Å². The zero-order valence-corrected chi connectivity index (χ0v) is 13.0. The summed E-state index contributed by atoms with van der Waals surface area (Å²) in [4.78, 5) is 17.0. The number of amides is 1. The fourth-order valence-corrected chi connectivity index (χ4v) is 1.64. The Labute approximate surface area is 125 Å². The molecular weight excluding hydrogens is 270 g/mol. The third-order valence-corrected chi connectivity index (χ3v) is 2.55. The van der Waals surface area contributed by atoms with E-state index in [1.807, 2.05) is 24.3 Å². The fourth-order valence-electron chi connectivity index (χ4n) is 1.64. The van der Waals surface area contributed by atoms with Crippen LogP contribution in [0.2, 0.25) is 0 Å². The lowest BCUT2D eigenvalue weighted by molar-refractivity contribution is -0.0425. The van der Waals surface area contributed by atoms with Gasteiger partial charge in [-0.1, -0.05) is 18.2 Å². The van der Waals surface area contributed by atoms with Crippen LogP contribution in [0.5, 0.6) is 5.75 Å². The Morgan fingerprint density at radius 1 is 1.33 bits per heavy atom. The zero-order chi connectivity index (χ0) is 15.9. The van der Waals surface area contributed by atoms with E-state index in [2.05, 4.69) is 12.1 Å². The number of methoxy groups -OCH3 is 1. The molecule has 0 unspecified atom stereocenters. The summed E-state index contributed by atoms with van der Waals surface area (Å²) in [5, 5.41) is 0. The third kappa shape index (κ3) is 6.31. The van der Waals surface area contributed by atoms with Gasteiger partial charge in [0.15, 0.2) is 0 Å². The lowest BCUT2D eigenvalue weighted by Crippen LogP contribution is -2.33. The molecule has 0 aliphatic carbocycles. The molecule has 0 radical (unpaired) electrons. The number of carbonyl (C=O) groups excluding carboxylic acids is 1. The van der Waals surface area contributed by atoms with Crippen LogP contribution in [-0.2, 0) is 9.57 Å². The molecule has 21 heavy (non-hydrogen) atoms. The number of hydroxylamine groups is 1. The van der Waals surface area contributed by atoms with Crippen LogP contribution < -0.4 is 10.2 Å². The van der Waals surface area contributed by atoms with Crippen LogP contribution in [0, 0.1) is 0 Å². The number of carbonyl (C=O) groups is 1. The number of benzene rings is 1. The molecule has 1 amide bonds. The minimum Gasteiger partial charge on any atom is -0.497 e. The maximum atomic E-state index is 11.6. The van der Waals surface area contributed by atoms with Crippen molar-refractivity contribution in [2.75, 3.05) is 7.11 Å². The van der Waals surface area contributed by atoms with E-state index in [0.717, 1.165) is 11.3 Å². The van der Waals surface area contributed by atoms with Crippen molar-refractivity contribution < 1.29 is 19.1 Å². The molecule has 1 atom stereocenters. The highest BCUT2D eigenvalue weighted by Gasteiger charge is 2.18. The molecule has 5 nitrogen and oxygen atoms in total. The first kappa shape index (κ1) is 17.0. The Bertz CT molecular complexity index is 462. The van der Waals surface area contributed by atoms with Crippen LogP contribution in [0.1, 0.15) is 38.9 Å². The molecule has 0 aliphatic heterocycles. The normalized spacial score (nSPS) is 12.4. The lowest BCUT2D eigenvalue weighted by Gasteiger charge is -2.21. The summed E-state index contributed by atoms with van der Waals surface area (Å²) in [5.41, 5.74) is 2.65. The van der Waals surface area contributed by atoms with Crippen LogP contribution >= 0.6 is 0 Å². The number of hydrogen-bond acceptors (Lipinski definition) is 4. The molecule has 1 rings (SSSR count). The van der Waals surface area contributed by atoms with Gasteiger partial charge < -0.3 is 9.47 Å². The first-order valence-electron chi connectivity index (χ1n) is 6.75. The molecule has 0 spiro atoms. The molecule has 1 N–H and O–H groups in total. The lowest BCUT2D eigenvalue weighted by atomic mass is 10.1. The van der Waals surface area contributed by atoms with Gasteiger partial charge in [-0.25, -0.2) is 4.79 Å². The maximum absolute atomic E-state index is 11.6. The van der Waals surface area contributed by atoms with Crippen molar-refractivity contribution in [1.82, 2.24) is 5.48 Å². The highest BCUT2D eigenvalue weighted by molar-refractivity contribution is 5.66. The summed E-state index contributed by atoms with van der Waals surface area (Å²) in [6, 6.07) is 7.43.